The first-order chi connectivity index (χ1) is 8.75. The molecule has 18 heavy (non-hydrogen) atoms. The Morgan fingerprint density at radius 2 is 2.28 bits per heavy atom. The van der Waals surface area contributed by atoms with Crippen LogP contribution in [0.4, 0.5) is 5.82 Å². The fraction of sp³-hybridized carbons (Fsp3) is 0.273. The third-order valence-electron chi connectivity index (χ3n) is 2.22. The zero-order chi connectivity index (χ0) is 12.8. The molecule has 0 aliphatic carbocycles. The third kappa shape index (κ3) is 3.27. The molecule has 1 amide bonds. The zero-order valence-corrected chi connectivity index (χ0v) is 9.97. The summed E-state index contributed by atoms with van der Waals surface area (Å²) in [6, 6.07) is 1.70. The summed E-state index contributed by atoms with van der Waals surface area (Å²) in [5, 5.41) is 12.4. The van der Waals surface area contributed by atoms with Crippen molar-refractivity contribution in [2.45, 2.75) is 6.92 Å². The molecule has 0 saturated heterocycles. The van der Waals surface area contributed by atoms with Crippen LogP contribution < -0.4 is 10.6 Å². The van der Waals surface area contributed by atoms with Crippen molar-refractivity contribution in [2.75, 3.05) is 18.4 Å². The summed E-state index contributed by atoms with van der Waals surface area (Å²) in [6.45, 7) is 2.91. The van der Waals surface area contributed by atoms with E-state index in [4.69, 9.17) is 0 Å². The van der Waals surface area contributed by atoms with Crippen LogP contribution in [-0.2, 0) is 0 Å². The number of aromatic amines is 1. The molecule has 0 aliphatic rings. The minimum Gasteiger partial charge on any atom is -0.367 e. The van der Waals surface area contributed by atoms with Crippen molar-refractivity contribution in [2.24, 2.45) is 0 Å². The number of carbonyl (C=O) groups excluding carboxylic acids is 1. The van der Waals surface area contributed by atoms with Crippen LogP contribution in [0.2, 0.25) is 0 Å². The molecule has 3 N–H and O–H groups in total. The van der Waals surface area contributed by atoms with E-state index in [0.29, 0.717) is 24.6 Å². The second-order valence-corrected chi connectivity index (χ2v) is 3.71. The Morgan fingerprint density at radius 3 is 2.94 bits per heavy atom. The molecule has 7 heteroatoms. The topological polar surface area (TPSA) is 95.6 Å². The highest BCUT2D eigenvalue weighted by molar-refractivity contribution is 5.92. The lowest BCUT2D eigenvalue weighted by molar-refractivity contribution is 0.0950. The number of hydrogen-bond acceptors (Lipinski definition) is 5. The normalized spacial score (nSPS) is 10.1. The first-order valence-corrected chi connectivity index (χ1v) is 5.56. The molecule has 0 saturated carbocycles. The molecule has 2 aromatic rings. The molecule has 0 atom stereocenters. The lowest BCUT2D eigenvalue weighted by atomic mass is 10.3. The van der Waals surface area contributed by atoms with Gasteiger partial charge in [0.1, 0.15) is 11.5 Å². The fourth-order valence-corrected chi connectivity index (χ4v) is 1.38. The molecule has 2 rings (SSSR count). The molecule has 94 valence electrons. The second-order valence-electron chi connectivity index (χ2n) is 3.71. The van der Waals surface area contributed by atoms with Crippen molar-refractivity contribution in [1.29, 1.82) is 0 Å². The summed E-state index contributed by atoms with van der Waals surface area (Å²) in [6.07, 6.45) is 4.83. The van der Waals surface area contributed by atoms with Gasteiger partial charge < -0.3 is 10.6 Å². The Morgan fingerprint density at radius 1 is 1.39 bits per heavy atom. The van der Waals surface area contributed by atoms with Crippen LogP contribution in [0.25, 0.3) is 0 Å². The van der Waals surface area contributed by atoms with Gasteiger partial charge in [-0.05, 0) is 13.0 Å². The highest BCUT2D eigenvalue weighted by Crippen LogP contribution is 1.97. The SMILES string of the molecule is Cc1cc(C(=O)NCCNc2cnccn2)n[nH]1. The van der Waals surface area contributed by atoms with E-state index in [1.54, 1.807) is 24.7 Å². The monoisotopic (exact) mass is 246 g/mol. The summed E-state index contributed by atoms with van der Waals surface area (Å²) in [7, 11) is 0. The van der Waals surface area contributed by atoms with Crippen LogP contribution in [-0.4, -0.2) is 39.2 Å². The molecular formula is C11H14N6O. The predicted molar refractivity (Wildman–Crippen MR) is 66.2 cm³/mol. The molecule has 2 heterocycles. The molecule has 2 aromatic heterocycles. The molecule has 0 bridgehead atoms. The smallest absolute Gasteiger partial charge is 0.271 e. The summed E-state index contributed by atoms with van der Waals surface area (Å²) < 4.78 is 0. The standard InChI is InChI=1S/C11H14N6O/c1-8-6-9(17-16-8)11(18)15-5-4-14-10-7-12-2-3-13-10/h2-3,6-7H,4-5H2,1H3,(H,13,14)(H,15,18)(H,16,17). The molecular weight excluding hydrogens is 232 g/mol. The third-order valence-corrected chi connectivity index (χ3v) is 2.22. The van der Waals surface area contributed by atoms with Gasteiger partial charge in [-0.2, -0.15) is 5.10 Å². The number of aromatic nitrogens is 4. The van der Waals surface area contributed by atoms with Gasteiger partial charge in [0.15, 0.2) is 0 Å². The van der Waals surface area contributed by atoms with Gasteiger partial charge in [0.25, 0.3) is 5.91 Å². The number of H-pyrrole nitrogens is 1. The molecule has 0 aliphatic heterocycles. The Balaban J connectivity index is 1.71. The Kier molecular flexibility index (Phi) is 3.85. The maximum absolute atomic E-state index is 11.6. The Labute approximate surface area is 104 Å². The van der Waals surface area contributed by atoms with E-state index < -0.39 is 0 Å². The number of anilines is 1. The largest absolute Gasteiger partial charge is 0.367 e. The van der Waals surface area contributed by atoms with Crippen molar-refractivity contribution >= 4 is 11.7 Å². The van der Waals surface area contributed by atoms with E-state index in [-0.39, 0.29) is 5.91 Å². The van der Waals surface area contributed by atoms with Crippen LogP contribution in [0.5, 0.6) is 0 Å². The lowest BCUT2D eigenvalue weighted by Crippen LogP contribution is -2.29. The zero-order valence-electron chi connectivity index (χ0n) is 9.97. The van der Waals surface area contributed by atoms with Crippen LogP contribution in [0.3, 0.4) is 0 Å². The summed E-state index contributed by atoms with van der Waals surface area (Å²) in [5.41, 5.74) is 1.25. The number of rotatable bonds is 5. The average Bonchev–Trinajstić information content (AvgIpc) is 2.82. The van der Waals surface area contributed by atoms with Gasteiger partial charge in [0.2, 0.25) is 0 Å². The van der Waals surface area contributed by atoms with E-state index in [2.05, 4.69) is 30.8 Å². The first kappa shape index (κ1) is 12.0. The maximum atomic E-state index is 11.6. The van der Waals surface area contributed by atoms with Crippen molar-refractivity contribution < 1.29 is 4.79 Å². The maximum Gasteiger partial charge on any atom is 0.271 e. The van der Waals surface area contributed by atoms with Crippen LogP contribution in [0.1, 0.15) is 16.2 Å². The molecule has 0 fully saturated rings. The summed E-state index contributed by atoms with van der Waals surface area (Å²) >= 11 is 0. The number of hydrogen-bond donors (Lipinski definition) is 3. The van der Waals surface area contributed by atoms with Crippen LogP contribution in [0.15, 0.2) is 24.7 Å². The lowest BCUT2D eigenvalue weighted by Gasteiger charge is -2.05. The molecule has 0 spiro atoms. The van der Waals surface area contributed by atoms with E-state index in [9.17, 15) is 4.79 Å². The number of aryl methyl sites for hydroxylation is 1. The van der Waals surface area contributed by atoms with E-state index in [1.165, 1.54) is 0 Å². The number of nitrogens with one attached hydrogen (secondary N) is 3. The van der Waals surface area contributed by atoms with Gasteiger partial charge in [-0.15, -0.1) is 0 Å². The van der Waals surface area contributed by atoms with Gasteiger partial charge in [-0.25, -0.2) is 4.98 Å². The molecule has 0 radical (unpaired) electrons. The summed E-state index contributed by atoms with van der Waals surface area (Å²) in [4.78, 5) is 19.6. The summed E-state index contributed by atoms with van der Waals surface area (Å²) in [5.74, 6) is 0.489. The minimum atomic E-state index is -0.194. The minimum absolute atomic E-state index is 0.194. The fourth-order valence-electron chi connectivity index (χ4n) is 1.38. The van der Waals surface area contributed by atoms with Gasteiger partial charge in [0, 0.05) is 31.2 Å². The van der Waals surface area contributed by atoms with E-state index in [1.807, 2.05) is 6.92 Å². The Bertz CT molecular complexity index is 509. The quantitative estimate of drug-likeness (QED) is 0.662. The first-order valence-electron chi connectivity index (χ1n) is 5.56. The predicted octanol–water partition coefficient (Wildman–Crippen LogP) is 0.350. The molecule has 7 nitrogen and oxygen atoms in total. The van der Waals surface area contributed by atoms with Crippen molar-refractivity contribution in [3.05, 3.63) is 36.0 Å². The van der Waals surface area contributed by atoms with E-state index in [0.717, 1.165) is 5.69 Å². The van der Waals surface area contributed by atoms with Crippen LogP contribution >= 0.6 is 0 Å². The van der Waals surface area contributed by atoms with E-state index >= 15 is 0 Å². The second kappa shape index (κ2) is 5.76. The molecule has 0 aromatic carbocycles. The van der Waals surface area contributed by atoms with Crippen LogP contribution in [0, 0.1) is 6.92 Å². The van der Waals surface area contributed by atoms with Crippen molar-refractivity contribution in [1.82, 2.24) is 25.5 Å². The van der Waals surface area contributed by atoms with Gasteiger partial charge in [-0.3, -0.25) is 14.9 Å². The highest BCUT2D eigenvalue weighted by atomic mass is 16.1. The average molecular weight is 246 g/mol. The molecule has 0 unspecified atom stereocenters. The number of amides is 1. The number of carbonyl (C=O) groups is 1. The number of nitrogens with zero attached hydrogens (tertiary/aromatic N) is 3. The van der Waals surface area contributed by atoms with Crippen molar-refractivity contribution in [3.8, 4) is 0 Å². The van der Waals surface area contributed by atoms with Gasteiger partial charge >= 0.3 is 0 Å². The van der Waals surface area contributed by atoms with Gasteiger partial charge in [0.05, 0.1) is 6.20 Å². The Hall–Kier alpha value is -2.44. The highest BCUT2D eigenvalue weighted by Gasteiger charge is 2.07. The van der Waals surface area contributed by atoms with Gasteiger partial charge in [-0.1, -0.05) is 0 Å². The van der Waals surface area contributed by atoms with Crippen molar-refractivity contribution in [3.63, 3.8) is 0 Å².